The summed E-state index contributed by atoms with van der Waals surface area (Å²) in [5, 5.41) is 7.46. The lowest BCUT2D eigenvalue weighted by Crippen LogP contribution is -2.20. The molecule has 0 atom stereocenters. The monoisotopic (exact) mass is 419 g/mol. The first-order valence-corrected chi connectivity index (χ1v) is 9.48. The van der Waals surface area contributed by atoms with Crippen molar-refractivity contribution in [2.45, 2.75) is 27.3 Å². The van der Waals surface area contributed by atoms with Gasteiger partial charge < -0.3 is 19.5 Å². The molecule has 9 heteroatoms. The summed E-state index contributed by atoms with van der Waals surface area (Å²) in [6, 6.07) is 5.01. The first kappa shape index (κ1) is 20.7. The Labute approximate surface area is 173 Å². The Bertz CT molecular complexity index is 952. The molecule has 154 valence electrons. The summed E-state index contributed by atoms with van der Waals surface area (Å²) < 4.78 is 17.1. The topological polar surface area (TPSA) is 91.7 Å². The summed E-state index contributed by atoms with van der Waals surface area (Å²) in [6.07, 6.45) is 2.77. The van der Waals surface area contributed by atoms with E-state index in [2.05, 4.69) is 24.3 Å². The maximum Gasteiger partial charge on any atom is 0.331 e. The summed E-state index contributed by atoms with van der Waals surface area (Å²) in [4.78, 5) is 23.9. The average Bonchev–Trinajstić information content (AvgIpc) is 3.22. The number of anilines is 1. The van der Waals surface area contributed by atoms with E-state index in [0.717, 1.165) is 0 Å². The highest BCUT2D eigenvalue weighted by Gasteiger charge is 2.15. The number of fused-ring (bicyclic) bond motifs is 1. The number of amides is 1. The fourth-order valence-electron chi connectivity index (χ4n) is 2.73. The molecule has 29 heavy (non-hydrogen) atoms. The minimum Gasteiger partial charge on any atom is -0.454 e. The molecule has 2 aromatic rings. The van der Waals surface area contributed by atoms with Crippen LogP contribution in [0.1, 0.15) is 25.1 Å². The van der Waals surface area contributed by atoms with Crippen LogP contribution in [0.4, 0.5) is 5.69 Å². The van der Waals surface area contributed by atoms with E-state index in [1.165, 1.54) is 6.08 Å². The van der Waals surface area contributed by atoms with Gasteiger partial charge in [0, 0.05) is 29.9 Å². The highest BCUT2D eigenvalue weighted by Crippen LogP contribution is 2.34. The second kappa shape index (κ2) is 9.00. The molecule has 1 aliphatic rings. The van der Waals surface area contributed by atoms with Crippen LogP contribution in [0.15, 0.2) is 24.3 Å². The summed E-state index contributed by atoms with van der Waals surface area (Å²) in [6.45, 7) is 6.35. The SMILES string of the molecule is Cc1nn(CC(C)C)c(Cl)c1/C=C/C(=O)OCC(=O)Nc1ccc2c(c1)OCO2. The van der Waals surface area contributed by atoms with Crippen LogP contribution >= 0.6 is 11.6 Å². The first-order valence-electron chi connectivity index (χ1n) is 9.10. The van der Waals surface area contributed by atoms with E-state index in [-0.39, 0.29) is 6.79 Å². The molecule has 0 aliphatic carbocycles. The number of carbonyl (C=O) groups excluding carboxylic acids is 2. The molecule has 3 rings (SSSR count). The molecule has 0 saturated heterocycles. The Morgan fingerprint density at radius 1 is 1.34 bits per heavy atom. The number of nitrogens with zero attached hydrogens (tertiary/aromatic N) is 2. The number of halogens is 1. The van der Waals surface area contributed by atoms with Gasteiger partial charge in [-0.1, -0.05) is 25.4 Å². The normalized spacial score (nSPS) is 12.6. The van der Waals surface area contributed by atoms with Crippen LogP contribution in [-0.4, -0.2) is 35.1 Å². The lowest BCUT2D eigenvalue weighted by atomic mass is 10.2. The molecule has 1 aromatic carbocycles. The molecular formula is C20H22ClN3O5. The van der Waals surface area contributed by atoms with Gasteiger partial charge in [0.15, 0.2) is 18.1 Å². The van der Waals surface area contributed by atoms with Crippen molar-refractivity contribution in [1.29, 1.82) is 0 Å². The quantitative estimate of drug-likeness (QED) is 0.546. The van der Waals surface area contributed by atoms with E-state index < -0.39 is 18.5 Å². The van der Waals surface area contributed by atoms with E-state index in [4.69, 9.17) is 25.8 Å². The zero-order chi connectivity index (χ0) is 21.0. The Hall–Kier alpha value is -3.00. The number of aromatic nitrogens is 2. The summed E-state index contributed by atoms with van der Waals surface area (Å²) in [5.74, 6) is 0.428. The smallest absolute Gasteiger partial charge is 0.331 e. The molecular weight excluding hydrogens is 398 g/mol. The van der Waals surface area contributed by atoms with Crippen LogP contribution in [0.5, 0.6) is 11.5 Å². The fourth-order valence-corrected chi connectivity index (χ4v) is 3.04. The van der Waals surface area contributed by atoms with Crippen LogP contribution in [0, 0.1) is 12.8 Å². The van der Waals surface area contributed by atoms with E-state index in [9.17, 15) is 9.59 Å². The Kier molecular flexibility index (Phi) is 6.43. The van der Waals surface area contributed by atoms with Crippen molar-refractivity contribution in [2.24, 2.45) is 5.92 Å². The summed E-state index contributed by atoms with van der Waals surface area (Å²) in [7, 11) is 0. The molecule has 0 radical (unpaired) electrons. The number of rotatable bonds is 7. The van der Waals surface area contributed by atoms with Gasteiger partial charge in [-0.2, -0.15) is 5.10 Å². The Morgan fingerprint density at radius 3 is 2.86 bits per heavy atom. The number of nitrogens with one attached hydrogen (secondary N) is 1. The van der Waals surface area contributed by atoms with Crippen molar-refractivity contribution >= 4 is 35.2 Å². The van der Waals surface area contributed by atoms with Crippen LogP contribution in [0.25, 0.3) is 6.08 Å². The number of ether oxygens (including phenoxy) is 3. The third-order valence-corrected chi connectivity index (χ3v) is 4.43. The van der Waals surface area contributed by atoms with Gasteiger partial charge in [-0.25, -0.2) is 4.79 Å². The van der Waals surface area contributed by atoms with Gasteiger partial charge in [-0.05, 0) is 31.1 Å². The molecule has 0 fully saturated rings. The second-order valence-corrected chi connectivity index (χ2v) is 7.28. The predicted molar refractivity (Wildman–Crippen MR) is 108 cm³/mol. The largest absolute Gasteiger partial charge is 0.454 e. The second-order valence-electron chi connectivity index (χ2n) is 6.92. The van der Waals surface area contributed by atoms with Crippen molar-refractivity contribution in [3.8, 4) is 11.5 Å². The molecule has 1 aliphatic heterocycles. The van der Waals surface area contributed by atoms with Gasteiger partial charge in [0.1, 0.15) is 5.15 Å². The lowest BCUT2D eigenvalue weighted by Gasteiger charge is -2.06. The van der Waals surface area contributed by atoms with Gasteiger partial charge in [-0.15, -0.1) is 0 Å². The van der Waals surface area contributed by atoms with E-state index in [1.54, 1.807) is 29.0 Å². The van der Waals surface area contributed by atoms with Crippen LogP contribution in [0.3, 0.4) is 0 Å². The van der Waals surface area contributed by atoms with Crippen molar-refractivity contribution in [2.75, 3.05) is 18.7 Å². The number of benzene rings is 1. The third-order valence-electron chi connectivity index (χ3n) is 4.04. The molecule has 8 nitrogen and oxygen atoms in total. The molecule has 2 heterocycles. The van der Waals surface area contributed by atoms with Crippen LogP contribution in [0.2, 0.25) is 5.15 Å². The lowest BCUT2D eigenvalue weighted by molar-refractivity contribution is -0.142. The molecule has 1 aromatic heterocycles. The molecule has 0 bridgehead atoms. The summed E-state index contributed by atoms with van der Waals surface area (Å²) in [5.41, 5.74) is 1.88. The van der Waals surface area contributed by atoms with Crippen molar-refractivity contribution < 1.29 is 23.8 Å². The van der Waals surface area contributed by atoms with Crippen LogP contribution in [-0.2, 0) is 20.9 Å². The van der Waals surface area contributed by atoms with Crippen molar-refractivity contribution in [3.05, 3.63) is 40.7 Å². The Morgan fingerprint density at radius 2 is 2.10 bits per heavy atom. The number of esters is 1. The molecule has 1 N–H and O–H groups in total. The molecule has 0 spiro atoms. The van der Waals surface area contributed by atoms with Crippen LogP contribution < -0.4 is 14.8 Å². The minimum atomic E-state index is -0.655. The number of hydrogen-bond donors (Lipinski definition) is 1. The zero-order valence-electron chi connectivity index (χ0n) is 16.4. The third kappa shape index (κ3) is 5.29. The molecule has 0 unspecified atom stereocenters. The number of hydrogen-bond acceptors (Lipinski definition) is 6. The van der Waals surface area contributed by atoms with E-state index in [1.807, 2.05) is 6.92 Å². The standard InChI is InChI=1S/C20H22ClN3O5/c1-12(2)9-24-20(21)15(13(3)23-24)5-7-19(26)27-10-18(25)22-14-4-6-16-17(8-14)29-11-28-16/h4-8,12H,9-11H2,1-3H3,(H,22,25)/b7-5+. The van der Waals surface area contributed by atoms with E-state index >= 15 is 0 Å². The number of aryl methyl sites for hydroxylation is 1. The van der Waals surface area contributed by atoms with Crippen molar-refractivity contribution in [1.82, 2.24) is 9.78 Å². The maximum absolute atomic E-state index is 12.0. The highest BCUT2D eigenvalue weighted by molar-refractivity contribution is 6.31. The van der Waals surface area contributed by atoms with Gasteiger partial charge in [0.2, 0.25) is 6.79 Å². The summed E-state index contributed by atoms with van der Waals surface area (Å²) >= 11 is 6.33. The predicted octanol–water partition coefficient (Wildman–Crippen LogP) is 3.42. The Balaban J connectivity index is 1.52. The first-order chi connectivity index (χ1) is 13.8. The van der Waals surface area contributed by atoms with Gasteiger partial charge in [0.05, 0.1) is 5.69 Å². The van der Waals surface area contributed by atoms with Crippen molar-refractivity contribution in [3.63, 3.8) is 0 Å². The van der Waals surface area contributed by atoms with Gasteiger partial charge in [-0.3, -0.25) is 9.48 Å². The minimum absolute atomic E-state index is 0.149. The fraction of sp³-hybridized carbons (Fsp3) is 0.350. The number of carbonyl (C=O) groups is 2. The van der Waals surface area contributed by atoms with E-state index in [0.29, 0.717) is 46.1 Å². The van der Waals surface area contributed by atoms with Gasteiger partial charge >= 0.3 is 5.97 Å². The average molecular weight is 420 g/mol. The molecule has 1 amide bonds. The van der Waals surface area contributed by atoms with Gasteiger partial charge in [0.25, 0.3) is 5.91 Å². The highest BCUT2D eigenvalue weighted by atomic mass is 35.5. The zero-order valence-corrected chi connectivity index (χ0v) is 17.2. The molecule has 0 saturated carbocycles. The maximum atomic E-state index is 12.0.